The molecule has 1 atom stereocenters. The van der Waals surface area contributed by atoms with Crippen LogP contribution in [0.25, 0.3) is 0 Å². The first-order chi connectivity index (χ1) is 6.77. The summed E-state index contributed by atoms with van der Waals surface area (Å²) in [6.07, 6.45) is 1.07. The molecule has 0 radical (unpaired) electrons. The molecule has 0 aromatic carbocycles. The summed E-state index contributed by atoms with van der Waals surface area (Å²) in [5.74, 6) is 0. The highest BCUT2D eigenvalue weighted by molar-refractivity contribution is 7.09. The van der Waals surface area contributed by atoms with Crippen LogP contribution in [0.15, 0.2) is 23.7 Å². The summed E-state index contributed by atoms with van der Waals surface area (Å²) >= 11 is 1.67. The minimum atomic E-state index is -0.523. The third-order valence-corrected chi connectivity index (χ3v) is 2.82. The number of rotatable bonds is 3. The Bertz CT molecular complexity index is 394. The molecule has 2 aromatic rings. The molecule has 1 unspecified atom stereocenters. The first-order valence-electron chi connectivity index (χ1n) is 4.36. The topological polar surface area (TPSA) is 50.9 Å². The summed E-state index contributed by atoms with van der Waals surface area (Å²) in [5.41, 5.74) is 0.749. The Hall–Kier alpha value is -1.20. The molecule has 0 aliphatic heterocycles. The van der Waals surface area contributed by atoms with Crippen LogP contribution in [0.4, 0.5) is 0 Å². The van der Waals surface area contributed by atoms with Gasteiger partial charge in [-0.3, -0.25) is 0 Å². The molecule has 5 heteroatoms. The van der Waals surface area contributed by atoms with Crippen molar-refractivity contribution in [3.05, 3.63) is 34.3 Å². The van der Waals surface area contributed by atoms with Crippen molar-refractivity contribution in [3.63, 3.8) is 0 Å². The van der Waals surface area contributed by atoms with E-state index < -0.39 is 6.10 Å². The van der Waals surface area contributed by atoms with Crippen LogP contribution in [0.1, 0.15) is 23.6 Å². The summed E-state index contributed by atoms with van der Waals surface area (Å²) in [6.45, 7) is 2.39. The Morgan fingerprint density at radius 2 is 2.50 bits per heavy atom. The molecule has 1 N–H and O–H groups in total. The predicted octanol–water partition coefficient (Wildman–Crippen LogP) is 1.44. The minimum Gasteiger partial charge on any atom is -0.387 e. The summed E-state index contributed by atoms with van der Waals surface area (Å²) in [5, 5.41) is 19.2. The molecule has 0 amide bonds. The van der Waals surface area contributed by atoms with Crippen molar-refractivity contribution in [1.82, 2.24) is 15.0 Å². The zero-order valence-corrected chi connectivity index (χ0v) is 8.61. The maximum atomic E-state index is 9.42. The van der Waals surface area contributed by atoms with Gasteiger partial charge in [-0.15, -0.1) is 16.4 Å². The van der Waals surface area contributed by atoms with E-state index in [1.165, 1.54) is 4.88 Å². The van der Waals surface area contributed by atoms with Crippen LogP contribution in [0.5, 0.6) is 0 Å². The normalized spacial score (nSPS) is 13.0. The van der Waals surface area contributed by atoms with E-state index in [-0.39, 0.29) is 0 Å². The third kappa shape index (κ3) is 1.83. The van der Waals surface area contributed by atoms with Crippen molar-refractivity contribution in [1.29, 1.82) is 0 Å². The van der Waals surface area contributed by atoms with E-state index in [2.05, 4.69) is 10.3 Å². The van der Waals surface area contributed by atoms with Gasteiger partial charge in [0.05, 0.1) is 24.5 Å². The molecule has 0 fully saturated rings. The van der Waals surface area contributed by atoms with E-state index in [0.717, 1.165) is 5.69 Å². The lowest BCUT2D eigenvalue weighted by Crippen LogP contribution is -2.07. The largest absolute Gasteiger partial charge is 0.387 e. The van der Waals surface area contributed by atoms with Crippen molar-refractivity contribution in [2.24, 2.45) is 0 Å². The van der Waals surface area contributed by atoms with Crippen LogP contribution in [0.2, 0.25) is 0 Å². The van der Waals surface area contributed by atoms with E-state index >= 15 is 0 Å². The van der Waals surface area contributed by atoms with E-state index in [4.69, 9.17) is 0 Å². The maximum absolute atomic E-state index is 9.42. The standard InChI is InChI=1S/C9H11N3OS/c1-7(13)9-5-10-11-12(9)6-8-3-2-4-14-8/h2-5,7,13H,6H2,1H3. The average molecular weight is 209 g/mol. The molecule has 14 heavy (non-hydrogen) atoms. The van der Waals surface area contributed by atoms with Gasteiger partial charge in [0.2, 0.25) is 0 Å². The van der Waals surface area contributed by atoms with Crippen LogP contribution >= 0.6 is 11.3 Å². The maximum Gasteiger partial charge on any atom is 0.0945 e. The van der Waals surface area contributed by atoms with E-state index in [0.29, 0.717) is 6.54 Å². The van der Waals surface area contributed by atoms with E-state index in [9.17, 15) is 5.11 Å². The predicted molar refractivity (Wildman–Crippen MR) is 54.1 cm³/mol. The second kappa shape index (κ2) is 3.89. The highest BCUT2D eigenvalue weighted by Crippen LogP contribution is 2.14. The lowest BCUT2D eigenvalue weighted by molar-refractivity contribution is 0.188. The second-order valence-corrected chi connectivity index (χ2v) is 4.10. The Labute approximate surface area is 85.8 Å². The number of hydrogen-bond acceptors (Lipinski definition) is 4. The molecule has 2 aromatic heterocycles. The number of aliphatic hydroxyl groups is 1. The highest BCUT2D eigenvalue weighted by Gasteiger charge is 2.09. The highest BCUT2D eigenvalue weighted by atomic mass is 32.1. The van der Waals surface area contributed by atoms with Crippen LogP contribution in [0.3, 0.4) is 0 Å². The molecule has 0 bridgehead atoms. The fourth-order valence-electron chi connectivity index (χ4n) is 1.26. The zero-order chi connectivity index (χ0) is 9.97. The van der Waals surface area contributed by atoms with Crippen LogP contribution < -0.4 is 0 Å². The number of aliphatic hydroxyl groups excluding tert-OH is 1. The molecular weight excluding hydrogens is 198 g/mol. The van der Waals surface area contributed by atoms with E-state index in [1.54, 1.807) is 29.1 Å². The zero-order valence-electron chi connectivity index (χ0n) is 7.79. The first-order valence-corrected chi connectivity index (χ1v) is 5.24. The fourth-order valence-corrected chi connectivity index (χ4v) is 1.95. The SMILES string of the molecule is CC(O)c1cnnn1Cc1cccs1. The lowest BCUT2D eigenvalue weighted by Gasteiger charge is -2.06. The van der Waals surface area contributed by atoms with Gasteiger partial charge in [-0.25, -0.2) is 4.68 Å². The fraction of sp³-hybridized carbons (Fsp3) is 0.333. The molecule has 0 saturated heterocycles. The third-order valence-electron chi connectivity index (χ3n) is 1.96. The minimum absolute atomic E-state index is 0.523. The summed E-state index contributed by atoms with van der Waals surface area (Å²) in [6, 6.07) is 4.04. The van der Waals surface area contributed by atoms with E-state index in [1.807, 2.05) is 17.5 Å². The smallest absolute Gasteiger partial charge is 0.0945 e. The van der Waals surface area contributed by atoms with Gasteiger partial charge in [0.25, 0.3) is 0 Å². The molecule has 2 rings (SSSR count). The first kappa shape index (κ1) is 9.36. The number of thiophene rings is 1. The molecule has 74 valence electrons. The van der Waals surface area contributed by atoms with Gasteiger partial charge in [-0.1, -0.05) is 11.3 Å². The van der Waals surface area contributed by atoms with Crippen molar-refractivity contribution in [2.45, 2.75) is 19.6 Å². The van der Waals surface area contributed by atoms with Crippen molar-refractivity contribution >= 4 is 11.3 Å². The molecule has 0 saturated carbocycles. The van der Waals surface area contributed by atoms with Gasteiger partial charge < -0.3 is 5.11 Å². The van der Waals surface area contributed by atoms with Gasteiger partial charge in [0.1, 0.15) is 0 Å². The van der Waals surface area contributed by atoms with Gasteiger partial charge in [0, 0.05) is 4.88 Å². The summed E-state index contributed by atoms with van der Waals surface area (Å²) in [4.78, 5) is 1.21. The quantitative estimate of drug-likeness (QED) is 0.832. The summed E-state index contributed by atoms with van der Waals surface area (Å²) < 4.78 is 1.72. The Kier molecular flexibility index (Phi) is 2.60. The van der Waals surface area contributed by atoms with Crippen LogP contribution in [-0.4, -0.2) is 20.1 Å². The monoisotopic (exact) mass is 209 g/mol. The van der Waals surface area contributed by atoms with Crippen molar-refractivity contribution in [2.75, 3.05) is 0 Å². The van der Waals surface area contributed by atoms with Gasteiger partial charge >= 0.3 is 0 Å². The number of aromatic nitrogens is 3. The molecular formula is C9H11N3OS. The van der Waals surface area contributed by atoms with Gasteiger partial charge in [0.15, 0.2) is 0 Å². The lowest BCUT2D eigenvalue weighted by atomic mass is 10.3. The Balaban J connectivity index is 2.21. The average Bonchev–Trinajstić information content (AvgIpc) is 2.75. The second-order valence-electron chi connectivity index (χ2n) is 3.07. The van der Waals surface area contributed by atoms with Gasteiger partial charge in [-0.2, -0.15) is 0 Å². The Morgan fingerprint density at radius 1 is 1.64 bits per heavy atom. The molecule has 0 spiro atoms. The summed E-state index contributed by atoms with van der Waals surface area (Å²) in [7, 11) is 0. The molecule has 0 aliphatic rings. The molecule has 2 heterocycles. The molecule has 0 aliphatic carbocycles. The van der Waals surface area contributed by atoms with Crippen molar-refractivity contribution < 1.29 is 5.11 Å². The van der Waals surface area contributed by atoms with Crippen LogP contribution in [-0.2, 0) is 6.54 Å². The number of hydrogen-bond donors (Lipinski definition) is 1. The molecule has 4 nitrogen and oxygen atoms in total. The number of nitrogens with zero attached hydrogens (tertiary/aromatic N) is 3. The van der Waals surface area contributed by atoms with Gasteiger partial charge in [-0.05, 0) is 18.4 Å². The Morgan fingerprint density at radius 3 is 3.14 bits per heavy atom. The van der Waals surface area contributed by atoms with Crippen molar-refractivity contribution in [3.8, 4) is 0 Å². The van der Waals surface area contributed by atoms with Crippen LogP contribution in [0, 0.1) is 0 Å².